The summed E-state index contributed by atoms with van der Waals surface area (Å²) in [6.07, 6.45) is 2.96. The summed E-state index contributed by atoms with van der Waals surface area (Å²) in [6, 6.07) is 0. The van der Waals surface area contributed by atoms with Crippen LogP contribution in [0.1, 0.15) is 20.8 Å². The number of carbonyl (C=O) groups excluding carboxylic acids is 1. The van der Waals surface area contributed by atoms with E-state index in [4.69, 9.17) is 16.7 Å². The van der Waals surface area contributed by atoms with Crippen molar-refractivity contribution < 1.29 is 14.7 Å². The van der Waals surface area contributed by atoms with Gasteiger partial charge in [-0.25, -0.2) is 0 Å². The third-order valence-corrected chi connectivity index (χ3v) is 3.78. The minimum atomic E-state index is -1.25. The van der Waals surface area contributed by atoms with Crippen molar-refractivity contribution in [2.75, 3.05) is 0 Å². The number of hydrogen-bond donors (Lipinski definition) is 1. The van der Waals surface area contributed by atoms with Crippen LogP contribution in [-0.2, 0) is 9.59 Å². The molecule has 0 aromatic heterocycles. The van der Waals surface area contributed by atoms with Crippen LogP contribution in [-0.4, -0.2) is 21.7 Å². The number of ketones is 1. The van der Waals surface area contributed by atoms with Crippen LogP contribution in [0.25, 0.3) is 0 Å². The van der Waals surface area contributed by atoms with Crippen molar-refractivity contribution in [3.63, 3.8) is 0 Å². The minimum absolute atomic E-state index is 0.0999. The SMILES string of the molecule is CC(=O)C=CC1C(C)(C)C1(Cl)C(=O)O. The Bertz CT molecular complexity index is 319. The molecule has 4 heteroatoms. The van der Waals surface area contributed by atoms with E-state index in [2.05, 4.69) is 0 Å². The topological polar surface area (TPSA) is 54.4 Å². The first-order chi connectivity index (χ1) is 6.24. The van der Waals surface area contributed by atoms with Crippen LogP contribution in [0.5, 0.6) is 0 Å². The van der Waals surface area contributed by atoms with Crippen molar-refractivity contribution in [3.8, 4) is 0 Å². The lowest BCUT2D eigenvalue weighted by atomic mass is 10.1. The number of aliphatic carboxylic acids is 1. The van der Waals surface area contributed by atoms with E-state index >= 15 is 0 Å². The lowest BCUT2D eigenvalue weighted by molar-refractivity contribution is -0.138. The highest BCUT2D eigenvalue weighted by molar-refractivity contribution is 6.37. The lowest BCUT2D eigenvalue weighted by Crippen LogP contribution is -2.21. The maximum atomic E-state index is 10.9. The van der Waals surface area contributed by atoms with Gasteiger partial charge in [0.15, 0.2) is 10.7 Å². The minimum Gasteiger partial charge on any atom is -0.480 e. The van der Waals surface area contributed by atoms with E-state index in [1.165, 1.54) is 13.0 Å². The fourth-order valence-electron chi connectivity index (χ4n) is 1.76. The monoisotopic (exact) mass is 216 g/mol. The number of rotatable bonds is 3. The lowest BCUT2D eigenvalue weighted by Gasteiger charge is -2.03. The second kappa shape index (κ2) is 3.09. The molecule has 2 unspecified atom stereocenters. The summed E-state index contributed by atoms with van der Waals surface area (Å²) in [5.74, 6) is -1.41. The number of alkyl halides is 1. The quantitative estimate of drug-likeness (QED) is 0.579. The molecule has 1 fully saturated rings. The highest BCUT2D eigenvalue weighted by atomic mass is 35.5. The molecule has 2 atom stereocenters. The highest BCUT2D eigenvalue weighted by Crippen LogP contribution is 2.66. The highest BCUT2D eigenvalue weighted by Gasteiger charge is 2.74. The molecule has 0 aromatic rings. The van der Waals surface area contributed by atoms with Crippen molar-refractivity contribution in [1.29, 1.82) is 0 Å². The molecule has 0 aromatic carbocycles. The van der Waals surface area contributed by atoms with Gasteiger partial charge in [0, 0.05) is 11.3 Å². The van der Waals surface area contributed by atoms with Crippen molar-refractivity contribution >= 4 is 23.4 Å². The molecule has 0 spiro atoms. The Morgan fingerprint density at radius 3 is 2.21 bits per heavy atom. The van der Waals surface area contributed by atoms with Gasteiger partial charge >= 0.3 is 5.97 Å². The molecule has 1 rings (SSSR count). The van der Waals surface area contributed by atoms with E-state index < -0.39 is 16.3 Å². The Balaban J connectivity index is 2.86. The van der Waals surface area contributed by atoms with Crippen LogP contribution in [0.15, 0.2) is 12.2 Å². The van der Waals surface area contributed by atoms with E-state index in [-0.39, 0.29) is 11.7 Å². The molecular weight excluding hydrogens is 204 g/mol. The first kappa shape index (κ1) is 11.2. The van der Waals surface area contributed by atoms with Crippen LogP contribution in [0, 0.1) is 11.3 Å². The van der Waals surface area contributed by atoms with Crippen molar-refractivity contribution in [3.05, 3.63) is 12.2 Å². The van der Waals surface area contributed by atoms with Crippen molar-refractivity contribution in [2.24, 2.45) is 11.3 Å². The number of carbonyl (C=O) groups is 2. The summed E-state index contributed by atoms with van der Waals surface area (Å²) in [5.41, 5.74) is -0.494. The van der Waals surface area contributed by atoms with Gasteiger partial charge in [-0.1, -0.05) is 19.9 Å². The number of carboxylic acid groups (broad SMARTS) is 1. The summed E-state index contributed by atoms with van der Waals surface area (Å²) in [6.45, 7) is 4.98. The van der Waals surface area contributed by atoms with E-state index in [0.29, 0.717) is 0 Å². The number of hydrogen-bond acceptors (Lipinski definition) is 2. The molecule has 1 saturated carbocycles. The number of carboxylic acids is 1. The second-order valence-corrected chi connectivity index (χ2v) is 4.78. The Morgan fingerprint density at radius 2 is 1.93 bits per heavy atom. The van der Waals surface area contributed by atoms with Crippen LogP contribution >= 0.6 is 11.6 Å². The molecule has 0 saturated heterocycles. The largest absolute Gasteiger partial charge is 0.480 e. The molecule has 0 radical (unpaired) electrons. The first-order valence-corrected chi connectivity index (χ1v) is 4.73. The van der Waals surface area contributed by atoms with E-state index in [9.17, 15) is 9.59 Å². The number of allylic oxidation sites excluding steroid dienone is 2. The molecule has 1 aliphatic carbocycles. The Kier molecular flexibility index (Phi) is 2.48. The van der Waals surface area contributed by atoms with Gasteiger partial charge in [0.25, 0.3) is 0 Å². The van der Waals surface area contributed by atoms with Crippen LogP contribution in [0.2, 0.25) is 0 Å². The maximum absolute atomic E-state index is 10.9. The molecular formula is C10H13ClO3. The molecule has 0 aliphatic heterocycles. The summed E-state index contributed by atoms with van der Waals surface area (Å²) >= 11 is 5.96. The normalized spacial score (nSPS) is 34.4. The molecule has 3 nitrogen and oxygen atoms in total. The first-order valence-electron chi connectivity index (χ1n) is 4.35. The third kappa shape index (κ3) is 1.36. The summed E-state index contributed by atoms with van der Waals surface area (Å²) < 4.78 is 0. The summed E-state index contributed by atoms with van der Waals surface area (Å²) in [5, 5.41) is 8.93. The van der Waals surface area contributed by atoms with Crippen molar-refractivity contribution in [2.45, 2.75) is 25.6 Å². The predicted molar refractivity (Wildman–Crippen MR) is 53.3 cm³/mol. The molecule has 1 N–H and O–H groups in total. The van der Waals surface area contributed by atoms with Crippen LogP contribution in [0.4, 0.5) is 0 Å². The van der Waals surface area contributed by atoms with Gasteiger partial charge in [-0.3, -0.25) is 9.59 Å². The molecule has 0 bridgehead atoms. The summed E-state index contributed by atoms with van der Waals surface area (Å²) in [7, 11) is 0. The van der Waals surface area contributed by atoms with Gasteiger partial charge in [-0.2, -0.15) is 0 Å². The average Bonchev–Trinajstić information content (AvgIpc) is 2.44. The van der Waals surface area contributed by atoms with Gasteiger partial charge in [-0.15, -0.1) is 11.6 Å². The van der Waals surface area contributed by atoms with Gasteiger partial charge in [0.1, 0.15) is 0 Å². The Morgan fingerprint density at radius 1 is 1.43 bits per heavy atom. The molecule has 0 amide bonds. The Hall–Kier alpha value is -0.830. The van der Waals surface area contributed by atoms with Gasteiger partial charge in [0.2, 0.25) is 0 Å². The maximum Gasteiger partial charge on any atom is 0.325 e. The molecule has 0 heterocycles. The standard InChI is InChI=1S/C10H13ClO3/c1-6(12)4-5-7-9(2,3)10(7,11)8(13)14/h4-5,7H,1-3H3,(H,13,14). The van der Waals surface area contributed by atoms with Crippen molar-refractivity contribution in [1.82, 2.24) is 0 Å². The predicted octanol–water partition coefficient (Wildman–Crippen LogP) is 1.85. The average molecular weight is 217 g/mol. The zero-order chi connectivity index (χ0) is 11.1. The zero-order valence-electron chi connectivity index (χ0n) is 8.37. The van der Waals surface area contributed by atoms with E-state index in [1.54, 1.807) is 19.9 Å². The molecule has 14 heavy (non-hydrogen) atoms. The van der Waals surface area contributed by atoms with Gasteiger partial charge in [0.05, 0.1) is 0 Å². The fourth-order valence-corrected chi connectivity index (χ4v) is 2.17. The van der Waals surface area contributed by atoms with Crippen LogP contribution < -0.4 is 0 Å². The molecule has 1 aliphatic rings. The van der Waals surface area contributed by atoms with E-state index in [0.717, 1.165) is 0 Å². The van der Waals surface area contributed by atoms with E-state index in [1.807, 2.05) is 0 Å². The Labute approximate surface area is 87.7 Å². The fraction of sp³-hybridized carbons (Fsp3) is 0.600. The van der Waals surface area contributed by atoms with Gasteiger partial charge in [-0.05, 0) is 13.0 Å². The number of halogens is 1. The van der Waals surface area contributed by atoms with Gasteiger partial charge < -0.3 is 5.11 Å². The molecule has 78 valence electrons. The zero-order valence-corrected chi connectivity index (χ0v) is 9.13. The summed E-state index contributed by atoms with van der Waals surface area (Å²) in [4.78, 5) is 20.3. The second-order valence-electron chi connectivity index (χ2n) is 4.19. The van der Waals surface area contributed by atoms with Crippen LogP contribution in [0.3, 0.4) is 0 Å². The third-order valence-electron chi connectivity index (χ3n) is 2.90. The smallest absolute Gasteiger partial charge is 0.325 e.